The van der Waals surface area contributed by atoms with Crippen LogP contribution < -0.4 is 51.6 Å². The average Bonchev–Trinajstić information content (AvgIpc) is 2.15. The monoisotopic (exact) mass is 249 g/mol. The zero-order chi connectivity index (χ0) is 13.9. The van der Waals surface area contributed by atoms with Crippen LogP contribution in [0.2, 0.25) is 0 Å². The van der Waals surface area contributed by atoms with E-state index in [1.807, 2.05) is 0 Å². The third kappa shape index (κ3) is 3.55. The fraction of sp³-hybridized carbons (Fsp3) is 1.00. The Kier molecular flexibility index (Phi) is 5.40. The van der Waals surface area contributed by atoms with Crippen molar-refractivity contribution in [2.24, 2.45) is 51.6 Å². The molecule has 0 aliphatic carbocycles. The highest BCUT2D eigenvalue weighted by atomic mass is 15.3. The van der Waals surface area contributed by atoms with Crippen LogP contribution in [0.4, 0.5) is 0 Å². The molecule has 104 valence electrons. The summed E-state index contributed by atoms with van der Waals surface area (Å²) in [7, 11) is 0. The van der Waals surface area contributed by atoms with E-state index >= 15 is 0 Å². The zero-order valence-corrected chi connectivity index (χ0v) is 10.1. The molecule has 0 aromatic carbocycles. The Bertz CT molecular complexity index is 232. The largest absolute Gasteiger partial charge is 0.330 e. The molecule has 9 nitrogen and oxygen atoms in total. The van der Waals surface area contributed by atoms with Crippen molar-refractivity contribution in [3.05, 3.63) is 0 Å². The second-order valence-electron chi connectivity index (χ2n) is 4.63. The summed E-state index contributed by atoms with van der Waals surface area (Å²) in [6, 6.07) is -0.695. The number of unbranched alkanes of at least 4 members (excludes halogenated alkanes) is 1. The van der Waals surface area contributed by atoms with Crippen molar-refractivity contribution in [1.29, 1.82) is 0 Å². The average molecular weight is 249 g/mol. The van der Waals surface area contributed by atoms with Crippen LogP contribution in [0.5, 0.6) is 0 Å². The lowest BCUT2D eigenvalue weighted by molar-refractivity contribution is 0.0986. The van der Waals surface area contributed by atoms with Crippen molar-refractivity contribution in [1.82, 2.24) is 0 Å². The lowest BCUT2D eigenvalue weighted by Gasteiger charge is -2.49. The minimum atomic E-state index is -1.94. The van der Waals surface area contributed by atoms with E-state index in [0.717, 1.165) is 12.8 Å². The molecule has 0 aliphatic rings. The van der Waals surface area contributed by atoms with E-state index < -0.39 is 23.2 Å². The number of rotatable bonds is 7. The predicted octanol–water partition coefficient (Wildman–Crippen LogP) is -4.80. The Balaban J connectivity index is 4.75. The number of nitrogens with two attached hydrogens (primary N) is 9. The van der Waals surface area contributed by atoms with Gasteiger partial charge in [0.25, 0.3) is 0 Å². The smallest absolute Gasteiger partial charge is 0.151 e. The molecule has 0 bridgehead atoms. The summed E-state index contributed by atoms with van der Waals surface area (Å²) in [6.07, 6.45) is 2.04. The van der Waals surface area contributed by atoms with Crippen molar-refractivity contribution in [3.63, 3.8) is 0 Å². The standard InChI is InChI=1S/C8H27N9/c9-4-2-1-3-5(10)6(11,12)7(13,14)8(15,16)17/h5H,1-4,9-17H2. The molecule has 0 radical (unpaired) electrons. The van der Waals surface area contributed by atoms with E-state index in [2.05, 4.69) is 0 Å². The van der Waals surface area contributed by atoms with Crippen molar-refractivity contribution in [2.45, 2.75) is 42.4 Å². The fourth-order valence-electron chi connectivity index (χ4n) is 1.43. The maximum Gasteiger partial charge on any atom is 0.151 e. The van der Waals surface area contributed by atoms with Crippen LogP contribution in [0, 0.1) is 0 Å². The molecule has 0 spiro atoms. The Morgan fingerprint density at radius 1 is 0.824 bits per heavy atom. The van der Waals surface area contributed by atoms with Gasteiger partial charge < -0.3 is 34.4 Å². The molecule has 0 fully saturated rings. The lowest BCUT2D eigenvalue weighted by Crippen LogP contribution is -2.94. The molecule has 0 rings (SSSR count). The van der Waals surface area contributed by atoms with Crippen LogP contribution >= 0.6 is 0 Å². The first-order valence-electron chi connectivity index (χ1n) is 5.46. The first-order valence-corrected chi connectivity index (χ1v) is 5.46. The van der Waals surface area contributed by atoms with Crippen molar-refractivity contribution in [3.8, 4) is 0 Å². The minimum absolute atomic E-state index is 0.496. The van der Waals surface area contributed by atoms with Gasteiger partial charge in [-0.1, -0.05) is 6.42 Å². The van der Waals surface area contributed by atoms with E-state index in [0.29, 0.717) is 13.0 Å². The maximum atomic E-state index is 5.86. The van der Waals surface area contributed by atoms with Gasteiger partial charge in [0.1, 0.15) is 11.3 Å². The summed E-state index contributed by atoms with van der Waals surface area (Å²) >= 11 is 0. The molecular weight excluding hydrogens is 222 g/mol. The quantitative estimate of drug-likeness (QED) is 0.155. The Morgan fingerprint density at radius 2 is 1.29 bits per heavy atom. The first-order chi connectivity index (χ1) is 7.48. The summed E-state index contributed by atoms with van der Waals surface area (Å²) in [6.45, 7) is 0.555. The highest BCUT2D eigenvalue weighted by Crippen LogP contribution is 2.17. The molecule has 17 heavy (non-hydrogen) atoms. The van der Waals surface area contributed by atoms with Gasteiger partial charge in [0.05, 0.1) is 0 Å². The SMILES string of the molecule is NCCCCC(N)C(N)(N)C(N)(N)C(N)(N)N. The molecule has 0 heterocycles. The van der Waals surface area contributed by atoms with E-state index in [1.54, 1.807) is 0 Å². The maximum absolute atomic E-state index is 5.86. The molecule has 0 aromatic heterocycles. The van der Waals surface area contributed by atoms with Gasteiger partial charge in [-0.05, 0) is 19.4 Å². The number of hydrogen-bond donors (Lipinski definition) is 9. The van der Waals surface area contributed by atoms with E-state index in [9.17, 15) is 0 Å². The zero-order valence-electron chi connectivity index (χ0n) is 10.1. The second kappa shape index (κ2) is 5.52. The van der Waals surface area contributed by atoms with Crippen LogP contribution in [0.3, 0.4) is 0 Å². The van der Waals surface area contributed by atoms with E-state index in [1.165, 1.54) is 0 Å². The molecule has 0 amide bonds. The predicted molar refractivity (Wildman–Crippen MR) is 68.4 cm³/mol. The van der Waals surface area contributed by atoms with Crippen molar-refractivity contribution >= 4 is 0 Å². The third-order valence-electron chi connectivity index (χ3n) is 3.02. The van der Waals surface area contributed by atoms with Gasteiger partial charge in [-0.25, -0.2) is 0 Å². The molecule has 0 saturated carbocycles. The third-order valence-corrected chi connectivity index (χ3v) is 3.02. The Hall–Kier alpha value is -0.360. The van der Waals surface area contributed by atoms with Crippen LogP contribution in [0.1, 0.15) is 19.3 Å². The molecule has 0 saturated heterocycles. The van der Waals surface area contributed by atoms with Crippen molar-refractivity contribution < 1.29 is 0 Å². The fourth-order valence-corrected chi connectivity index (χ4v) is 1.43. The topological polar surface area (TPSA) is 234 Å². The second-order valence-corrected chi connectivity index (χ2v) is 4.63. The van der Waals surface area contributed by atoms with Gasteiger partial charge in [-0.2, -0.15) is 0 Å². The first kappa shape index (κ1) is 16.6. The summed E-state index contributed by atoms with van der Waals surface area (Å²) in [5, 5.41) is 0. The Morgan fingerprint density at radius 3 is 1.65 bits per heavy atom. The molecule has 0 aromatic rings. The Labute approximate surface area is 101 Å². The summed E-state index contributed by atoms with van der Waals surface area (Å²) in [5.41, 5.74) is 47.1. The molecular formula is C8H27N9. The molecule has 0 aliphatic heterocycles. The molecule has 1 atom stereocenters. The van der Waals surface area contributed by atoms with Gasteiger partial charge in [-0.15, -0.1) is 0 Å². The van der Waals surface area contributed by atoms with Gasteiger partial charge in [-0.3, -0.25) is 17.2 Å². The highest BCUT2D eigenvalue weighted by molar-refractivity contribution is 5.13. The van der Waals surface area contributed by atoms with Gasteiger partial charge in [0.2, 0.25) is 0 Å². The lowest BCUT2D eigenvalue weighted by atomic mass is 9.82. The summed E-state index contributed by atoms with van der Waals surface area (Å²) in [5.74, 6) is -1.94. The van der Waals surface area contributed by atoms with Gasteiger partial charge in [0.15, 0.2) is 5.79 Å². The van der Waals surface area contributed by atoms with Gasteiger partial charge >= 0.3 is 0 Å². The summed E-state index contributed by atoms with van der Waals surface area (Å²) < 4.78 is 0. The minimum Gasteiger partial charge on any atom is -0.330 e. The molecule has 1 unspecified atom stereocenters. The molecule has 18 N–H and O–H groups in total. The van der Waals surface area contributed by atoms with Crippen molar-refractivity contribution in [2.75, 3.05) is 6.54 Å². The van der Waals surface area contributed by atoms with E-state index in [-0.39, 0.29) is 0 Å². The highest BCUT2D eigenvalue weighted by Gasteiger charge is 2.53. The number of hydrogen-bond acceptors (Lipinski definition) is 9. The molecule has 9 heteroatoms. The summed E-state index contributed by atoms with van der Waals surface area (Å²) in [4.78, 5) is 0. The van der Waals surface area contributed by atoms with Crippen LogP contribution in [0.15, 0.2) is 0 Å². The van der Waals surface area contributed by atoms with Gasteiger partial charge in [0, 0.05) is 6.04 Å². The van der Waals surface area contributed by atoms with Crippen LogP contribution in [-0.2, 0) is 0 Å². The van der Waals surface area contributed by atoms with E-state index in [4.69, 9.17) is 51.6 Å². The van der Waals surface area contributed by atoms with Crippen LogP contribution in [-0.4, -0.2) is 29.7 Å². The van der Waals surface area contributed by atoms with Crippen LogP contribution in [0.25, 0.3) is 0 Å². The normalized spacial score (nSPS) is 16.1.